The van der Waals surface area contributed by atoms with Crippen LogP contribution in [-0.4, -0.2) is 11.0 Å². The van der Waals surface area contributed by atoms with E-state index in [1.165, 1.54) is 0 Å². The maximum atomic E-state index is 5.32. The van der Waals surface area contributed by atoms with E-state index in [1.807, 2.05) is 23.7 Å². The van der Waals surface area contributed by atoms with Crippen LogP contribution in [0.25, 0.3) is 0 Å². The highest BCUT2D eigenvalue weighted by molar-refractivity contribution is 7.09. The smallest absolute Gasteiger partial charge is 0.109 e. The molecule has 0 spiro atoms. The van der Waals surface area contributed by atoms with Gasteiger partial charge in [0, 0.05) is 24.0 Å². The summed E-state index contributed by atoms with van der Waals surface area (Å²) in [5.74, 6) is 1.06. The minimum atomic E-state index is 0.321. The van der Waals surface area contributed by atoms with Gasteiger partial charge in [0.15, 0.2) is 0 Å². The van der Waals surface area contributed by atoms with Crippen molar-refractivity contribution in [2.75, 3.05) is 0 Å². The van der Waals surface area contributed by atoms with Crippen LogP contribution in [0.2, 0.25) is 0 Å². The summed E-state index contributed by atoms with van der Waals surface area (Å²) in [4.78, 5) is 4.32. The van der Waals surface area contributed by atoms with Crippen LogP contribution in [-0.2, 0) is 6.42 Å². The Morgan fingerprint density at radius 1 is 1.47 bits per heavy atom. The summed E-state index contributed by atoms with van der Waals surface area (Å²) >= 11 is 1.70. The Bertz CT molecular complexity index is 411. The molecule has 2 unspecified atom stereocenters. The topological polar surface area (TPSA) is 38.1 Å². The Morgan fingerprint density at radius 2 is 2.35 bits per heavy atom. The molecule has 2 aromatic rings. The van der Waals surface area contributed by atoms with Gasteiger partial charge in [0.05, 0.1) is 12.3 Å². The van der Waals surface area contributed by atoms with Gasteiger partial charge in [0.25, 0.3) is 0 Å². The SMILES string of the molecule is CC(CCc1ccco1)NC(C)c1nccs1. The van der Waals surface area contributed by atoms with Crippen LogP contribution in [0.5, 0.6) is 0 Å². The summed E-state index contributed by atoms with van der Waals surface area (Å²) in [7, 11) is 0. The standard InChI is InChI=1S/C13H18N2OS/c1-10(5-6-12-4-3-8-16-12)15-11(2)13-14-7-9-17-13/h3-4,7-11,15H,5-6H2,1-2H3. The molecule has 17 heavy (non-hydrogen) atoms. The van der Waals surface area contributed by atoms with E-state index in [4.69, 9.17) is 4.42 Å². The molecule has 0 aliphatic rings. The van der Waals surface area contributed by atoms with Crippen LogP contribution in [0.1, 0.15) is 37.1 Å². The van der Waals surface area contributed by atoms with E-state index < -0.39 is 0 Å². The van der Waals surface area contributed by atoms with Crippen molar-refractivity contribution >= 4 is 11.3 Å². The maximum Gasteiger partial charge on any atom is 0.109 e. The van der Waals surface area contributed by atoms with E-state index >= 15 is 0 Å². The molecule has 0 amide bonds. The number of rotatable bonds is 6. The first-order valence-corrected chi connectivity index (χ1v) is 6.81. The number of hydrogen-bond acceptors (Lipinski definition) is 4. The molecule has 0 fully saturated rings. The molecule has 4 heteroatoms. The number of nitrogens with zero attached hydrogens (tertiary/aromatic N) is 1. The number of furan rings is 1. The van der Waals surface area contributed by atoms with Crippen molar-refractivity contribution in [2.24, 2.45) is 0 Å². The number of aryl methyl sites for hydroxylation is 1. The van der Waals surface area contributed by atoms with Crippen molar-refractivity contribution in [1.82, 2.24) is 10.3 Å². The molecule has 0 aromatic carbocycles. The molecule has 3 nitrogen and oxygen atoms in total. The first kappa shape index (κ1) is 12.3. The first-order chi connectivity index (χ1) is 8.25. The highest BCUT2D eigenvalue weighted by atomic mass is 32.1. The third-order valence-corrected chi connectivity index (χ3v) is 3.72. The van der Waals surface area contributed by atoms with Crippen molar-refractivity contribution in [3.8, 4) is 0 Å². The monoisotopic (exact) mass is 250 g/mol. The van der Waals surface area contributed by atoms with Gasteiger partial charge in [-0.25, -0.2) is 4.98 Å². The average molecular weight is 250 g/mol. The maximum absolute atomic E-state index is 5.32. The quantitative estimate of drug-likeness (QED) is 0.853. The fourth-order valence-electron chi connectivity index (χ4n) is 1.84. The highest BCUT2D eigenvalue weighted by Crippen LogP contribution is 2.16. The van der Waals surface area contributed by atoms with Gasteiger partial charge in [-0.1, -0.05) is 0 Å². The van der Waals surface area contributed by atoms with Crippen LogP contribution in [0.4, 0.5) is 0 Å². The van der Waals surface area contributed by atoms with Gasteiger partial charge in [0.1, 0.15) is 10.8 Å². The summed E-state index contributed by atoms with van der Waals surface area (Å²) in [6.45, 7) is 4.36. The summed E-state index contributed by atoms with van der Waals surface area (Å²) < 4.78 is 5.32. The van der Waals surface area contributed by atoms with E-state index in [0.717, 1.165) is 23.6 Å². The molecule has 0 radical (unpaired) electrons. The number of hydrogen-bond donors (Lipinski definition) is 1. The van der Waals surface area contributed by atoms with Crippen LogP contribution in [0.3, 0.4) is 0 Å². The average Bonchev–Trinajstić information content (AvgIpc) is 2.99. The minimum Gasteiger partial charge on any atom is -0.469 e. The van der Waals surface area contributed by atoms with E-state index in [2.05, 4.69) is 24.1 Å². The van der Waals surface area contributed by atoms with E-state index in [9.17, 15) is 0 Å². The number of thiazole rings is 1. The molecule has 0 aliphatic heterocycles. The minimum absolute atomic E-state index is 0.321. The van der Waals surface area contributed by atoms with Crippen LogP contribution in [0, 0.1) is 0 Å². The van der Waals surface area contributed by atoms with Gasteiger partial charge in [-0.15, -0.1) is 11.3 Å². The zero-order valence-electron chi connectivity index (χ0n) is 10.2. The highest BCUT2D eigenvalue weighted by Gasteiger charge is 2.11. The van der Waals surface area contributed by atoms with Crippen LogP contribution < -0.4 is 5.32 Å². The third kappa shape index (κ3) is 3.68. The fourth-order valence-corrected chi connectivity index (χ4v) is 2.50. The molecule has 2 aromatic heterocycles. The molecule has 2 heterocycles. The summed E-state index contributed by atoms with van der Waals surface area (Å²) in [6.07, 6.45) is 5.63. The second-order valence-corrected chi connectivity index (χ2v) is 5.20. The van der Waals surface area contributed by atoms with Crippen molar-refractivity contribution in [1.29, 1.82) is 0 Å². The lowest BCUT2D eigenvalue weighted by Gasteiger charge is -2.17. The summed E-state index contributed by atoms with van der Waals surface area (Å²) in [5.41, 5.74) is 0. The molecule has 0 aliphatic carbocycles. The summed E-state index contributed by atoms with van der Waals surface area (Å²) in [5, 5.41) is 6.71. The molecule has 2 rings (SSSR count). The number of aromatic nitrogens is 1. The van der Waals surface area contributed by atoms with Crippen molar-refractivity contribution in [2.45, 2.75) is 38.8 Å². The lowest BCUT2D eigenvalue weighted by atomic mass is 10.1. The molecule has 2 atom stereocenters. The molecule has 1 N–H and O–H groups in total. The molecule has 92 valence electrons. The predicted molar refractivity (Wildman–Crippen MR) is 70.2 cm³/mol. The molecular weight excluding hydrogens is 232 g/mol. The lowest BCUT2D eigenvalue weighted by Crippen LogP contribution is -2.29. The van der Waals surface area contributed by atoms with Gasteiger partial charge in [-0.3, -0.25) is 0 Å². The Labute approximate surface area is 106 Å². The fraction of sp³-hybridized carbons (Fsp3) is 0.462. The van der Waals surface area contributed by atoms with Gasteiger partial charge < -0.3 is 9.73 Å². The van der Waals surface area contributed by atoms with Crippen molar-refractivity contribution in [3.05, 3.63) is 40.7 Å². The van der Waals surface area contributed by atoms with E-state index in [-0.39, 0.29) is 0 Å². The normalized spacial score (nSPS) is 14.7. The second-order valence-electron chi connectivity index (χ2n) is 4.28. The van der Waals surface area contributed by atoms with Crippen LogP contribution in [0.15, 0.2) is 34.4 Å². The van der Waals surface area contributed by atoms with Gasteiger partial charge in [0.2, 0.25) is 0 Å². The zero-order chi connectivity index (χ0) is 12.1. The third-order valence-electron chi connectivity index (χ3n) is 2.76. The largest absolute Gasteiger partial charge is 0.469 e. The lowest BCUT2D eigenvalue weighted by molar-refractivity contribution is 0.430. The van der Waals surface area contributed by atoms with Crippen molar-refractivity contribution in [3.63, 3.8) is 0 Å². The Morgan fingerprint density at radius 3 is 3.00 bits per heavy atom. The number of nitrogens with one attached hydrogen (secondary N) is 1. The molecular formula is C13H18N2OS. The predicted octanol–water partition coefficient (Wildman–Crippen LogP) is 3.41. The zero-order valence-corrected chi connectivity index (χ0v) is 11.0. The Hall–Kier alpha value is -1.13. The Kier molecular flexibility index (Phi) is 4.34. The summed E-state index contributed by atoms with van der Waals surface area (Å²) in [6, 6.07) is 4.74. The first-order valence-electron chi connectivity index (χ1n) is 5.93. The van der Waals surface area contributed by atoms with Gasteiger partial charge >= 0.3 is 0 Å². The van der Waals surface area contributed by atoms with Crippen molar-refractivity contribution < 1.29 is 4.42 Å². The second kappa shape index (κ2) is 5.98. The molecule has 0 bridgehead atoms. The van der Waals surface area contributed by atoms with Gasteiger partial charge in [-0.2, -0.15) is 0 Å². The van der Waals surface area contributed by atoms with Gasteiger partial charge in [-0.05, 0) is 32.4 Å². The Balaban J connectivity index is 1.75. The van der Waals surface area contributed by atoms with E-state index in [1.54, 1.807) is 17.6 Å². The molecule has 0 saturated heterocycles. The van der Waals surface area contributed by atoms with Crippen LogP contribution >= 0.6 is 11.3 Å². The molecule has 0 saturated carbocycles. The van der Waals surface area contributed by atoms with E-state index in [0.29, 0.717) is 12.1 Å².